The van der Waals surface area contributed by atoms with Crippen molar-refractivity contribution in [1.82, 2.24) is 0 Å². The summed E-state index contributed by atoms with van der Waals surface area (Å²) in [4.78, 5) is 0. The lowest BCUT2D eigenvalue weighted by Crippen LogP contribution is -2.31. The maximum absolute atomic E-state index is 5.71. The molecule has 0 aliphatic rings. The fourth-order valence-electron chi connectivity index (χ4n) is 1.06. The molecule has 0 aliphatic heterocycles. The molecule has 0 N–H and O–H groups in total. The molecular formula is C7H15Cl3Si. The van der Waals surface area contributed by atoms with E-state index in [9.17, 15) is 0 Å². The molecule has 0 fully saturated rings. The van der Waals surface area contributed by atoms with Gasteiger partial charge in [-0.2, -0.15) is 0 Å². The van der Waals surface area contributed by atoms with Crippen LogP contribution in [0.4, 0.5) is 0 Å². The van der Waals surface area contributed by atoms with Crippen molar-refractivity contribution < 1.29 is 0 Å². The zero-order valence-electron chi connectivity index (χ0n) is 6.88. The lowest BCUT2D eigenvalue weighted by molar-refractivity contribution is 1.19. The second-order valence-electron chi connectivity index (χ2n) is 3.13. The lowest BCUT2D eigenvalue weighted by Gasteiger charge is -2.24. The average molecular weight is 234 g/mol. The second-order valence-corrected chi connectivity index (χ2v) is 9.38. The largest absolute Gasteiger partial charge is 0.127 e. The minimum Gasteiger partial charge on any atom is -0.127 e. The van der Waals surface area contributed by atoms with Crippen LogP contribution in [0.25, 0.3) is 0 Å². The standard InChI is InChI=1S/C7H15Cl3Si/c1-11(5-2-8,6-3-9)7-4-10/h2-7H2,1H3. The minimum absolute atomic E-state index is 0.760. The van der Waals surface area contributed by atoms with Crippen LogP contribution in [0.1, 0.15) is 0 Å². The molecule has 0 rings (SSSR count). The van der Waals surface area contributed by atoms with Gasteiger partial charge in [0.25, 0.3) is 0 Å². The molecule has 0 bridgehead atoms. The van der Waals surface area contributed by atoms with Crippen LogP contribution < -0.4 is 0 Å². The Hall–Kier alpha value is 1.09. The zero-order chi connectivity index (χ0) is 8.74. The maximum atomic E-state index is 5.71. The number of hydrogen-bond acceptors (Lipinski definition) is 0. The van der Waals surface area contributed by atoms with Crippen molar-refractivity contribution in [1.29, 1.82) is 0 Å². The Balaban J connectivity index is 3.79. The number of hydrogen-bond donors (Lipinski definition) is 0. The van der Waals surface area contributed by atoms with Gasteiger partial charge in [-0.1, -0.05) is 6.55 Å². The van der Waals surface area contributed by atoms with Crippen LogP contribution in [0.5, 0.6) is 0 Å². The van der Waals surface area contributed by atoms with Gasteiger partial charge in [0, 0.05) is 17.6 Å². The molecule has 0 aliphatic carbocycles. The third-order valence-corrected chi connectivity index (χ3v) is 7.98. The van der Waals surface area contributed by atoms with E-state index in [0.29, 0.717) is 0 Å². The molecule has 0 aromatic heterocycles. The second kappa shape index (κ2) is 6.59. The Morgan fingerprint density at radius 2 is 1.09 bits per heavy atom. The molecule has 0 aromatic rings. The van der Waals surface area contributed by atoms with Crippen LogP contribution in [0, 0.1) is 0 Å². The number of alkyl halides is 3. The number of halogens is 3. The van der Waals surface area contributed by atoms with Crippen molar-refractivity contribution in [3.63, 3.8) is 0 Å². The van der Waals surface area contributed by atoms with E-state index in [1.165, 1.54) is 0 Å². The molecule has 11 heavy (non-hydrogen) atoms. The van der Waals surface area contributed by atoms with Crippen LogP contribution in [0.15, 0.2) is 0 Å². The summed E-state index contributed by atoms with van der Waals surface area (Å²) in [5, 5.41) is 0. The van der Waals surface area contributed by atoms with Gasteiger partial charge in [0.15, 0.2) is 0 Å². The molecule has 68 valence electrons. The summed E-state index contributed by atoms with van der Waals surface area (Å²) >= 11 is 17.1. The van der Waals surface area contributed by atoms with Crippen molar-refractivity contribution in [3.8, 4) is 0 Å². The quantitative estimate of drug-likeness (QED) is 0.484. The van der Waals surface area contributed by atoms with E-state index >= 15 is 0 Å². The highest BCUT2D eigenvalue weighted by atomic mass is 35.5. The summed E-state index contributed by atoms with van der Waals surface area (Å²) in [6.45, 7) is 2.33. The van der Waals surface area contributed by atoms with Crippen molar-refractivity contribution in [3.05, 3.63) is 0 Å². The first kappa shape index (κ1) is 12.1. The molecule has 0 saturated heterocycles. The van der Waals surface area contributed by atoms with Crippen molar-refractivity contribution in [2.24, 2.45) is 0 Å². The first-order valence-electron chi connectivity index (χ1n) is 3.86. The van der Waals surface area contributed by atoms with Gasteiger partial charge < -0.3 is 0 Å². The molecule has 0 nitrogen and oxygen atoms in total. The van der Waals surface area contributed by atoms with Gasteiger partial charge in [-0.3, -0.25) is 0 Å². The van der Waals surface area contributed by atoms with E-state index in [2.05, 4.69) is 6.55 Å². The SMILES string of the molecule is C[Si](CCCl)(CCCl)CCCl. The molecule has 0 aromatic carbocycles. The van der Waals surface area contributed by atoms with Crippen molar-refractivity contribution >= 4 is 42.9 Å². The maximum Gasteiger partial charge on any atom is 0.0539 e. The summed E-state index contributed by atoms with van der Waals surface area (Å²) in [5.41, 5.74) is 0. The Morgan fingerprint density at radius 3 is 1.27 bits per heavy atom. The van der Waals surface area contributed by atoms with E-state index < -0.39 is 8.07 Å². The fourth-order valence-corrected chi connectivity index (χ4v) is 7.28. The molecule has 0 heterocycles. The molecule has 0 atom stereocenters. The lowest BCUT2D eigenvalue weighted by atomic mass is 10.9. The summed E-state index contributed by atoms with van der Waals surface area (Å²) in [6.07, 6.45) is 0. The zero-order valence-corrected chi connectivity index (χ0v) is 10.1. The first-order valence-corrected chi connectivity index (χ1v) is 8.59. The Morgan fingerprint density at radius 1 is 0.818 bits per heavy atom. The molecule has 0 saturated carbocycles. The monoisotopic (exact) mass is 232 g/mol. The fraction of sp³-hybridized carbons (Fsp3) is 1.00. The molecule has 0 amide bonds. The van der Waals surface area contributed by atoms with Gasteiger partial charge >= 0.3 is 0 Å². The van der Waals surface area contributed by atoms with Gasteiger partial charge in [0.1, 0.15) is 0 Å². The van der Waals surface area contributed by atoms with E-state index in [4.69, 9.17) is 34.8 Å². The summed E-state index contributed by atoms with van der Waals surface area (Å²) in [6, 6.07) is 3.44. The molecule has 0 spiro atoms. The summed E-state index contributed by atoms with van der Waals surface area (Å²) < 4.78 is 0. The van der Waals surface area contributed by atoms with Crippen LogP contribution in [0.3, 0.4) is 0 Å². The van der Waals surface area contributed by atoms with Crippen molar-refractivity contribution in [2.75, 3.05) is 17.6 Å². The van der Waals surface area contributed by atoms with Gasteiger partial charge in [-0.25, -0.2) is 0 Å². The predicted molar refractivity (Wildman–Crippen MR) is 58.2 cm³/mol. The minimum atomic E-state index is -1.15. The Kier molecular flexibility index (Phi) is 7.24. The highest BCUT2D eigenvalue weighted by Gasteiger charge is 2.24. The topological polar surface area (TPSA) is 0 Å². The summed E-state index contributed by atoms with van der Waals surface area (Å²) in [7, 11) is -1.15. The van der Waals surface area contributed by atoms with Crippen LogP contribution in [-0.4, -0.2) is 25.7 Å². The summed E-state index contributed by atoms with van der Waals surface area (Å²) in [5.74, 6) is 2.28. The third kappa shape index (κ3) is 5.35. The van der Waals surface area contributed by atoms with E-state index in [-0.39, 0.29) is 0 Å². The predicted octanol–water partition coefficient (Wildman–Crippen LogP) is 3.78. The Labute approximate surface area is 85.2 Å². The van der Waals surface area contributed by atoms with E-state index in [1.54, 1.807) is 0 Å². The van der Waals surface area contributed by atoms with Crippen molar-refractivity contribution in [2.45, 2.75) is 24.7 Å². The molecule has 0 radical (unpaired) electrons. The van der Waals surface area contributed by atoms with Gasteiger partial charge in [0.05, 0.1) is 8.07 Å². The van der Waals surface area contributed by atoms with E-state index in [0.717, 1.165) is 35.8 Å². The molecular weight excluding hydrogens is 219 g/mol. The number of rotatable bonds is 6. The average Bonchev–Trinajstić information content (AvgIpc) is 1.88. The smallest absolute Gasteiger partial charge is 0.0539 e. The highest BCUT2D eigenvalue weighted by molar-refractivity contribution is 6.80. The van der Waals surface area contributed by atoms with E-state index in [1.807, 2.05) is 0 Å². The highest BCUT2D eigenvalue weighted by Crippen LogP contribution is 2.22. The molecule has 0 unspecified atom stereocenters. The van der Waals surface area contributed by atoms with Crippen LogP contribution in [0.2, 0.25) is 24.7 Å². The third-order valence-electron chi connectivity index (χ3n) is 2.09. The molecule has 4 heteroatoms. The van der Waals surface area contributed by atoms with Crippen LogP contribution >= 0.6 is 34.8 Å². The Bertz CT molecular complexity index is 80.7. The normalized spacial score (nSPS) is 12.0. The van der Waals surface area contributed by atoms with Gasteiger partial charge in [-0.05, 0) is 18.1 Å². The van der Waals surface area contributed by atoms with Crippen LogP contribution in [-0.2, 0) is 0 Å². The first-order chi connectivity index (χ1) is 5.18. The van der Waals surface area contributed by atoms with Gasteiger partial charge in [-0.15, -0.1) is 34.8 Å². The van der Waals surface area contributed by atoms with Gasteiger partial charge in [0.2, 0.25) is 0 Å².